The van der Waals surface area contributed by atoms with E-state index in [2.05, 4.69) is 20.8 Å². The number of aliphatic hydroxyl groups is 1. The van der Waals surface area contributed by atoms with E-state index in [-0.39, 0.29) is 12.4 Å². The van der Waals surface area contributed by atoms with Crippen molar-refractivity contribution in [3.63, 3.8) is 0 Å². The van der Waals surface area contributed by atoms with Gasteiger partial charge in [-0.15, -0.1) is 0 Å². The maximum atomic E-state index is 13.4. The topological polar surface area (TPSA) is 49.5 Å². The van der Waals surface area contributed by atoms with Gasteiger partial charge in [0.2, 0.25) is 0 Å². The van der Waals surface area contributed by atoms with Crippen LogP contribution in [0.3, 0.4) is 0 Å². The highest BCUT2D eigenvalue weighted by Gasteiger charge is 2.24. The molecule has 1 aromatic carbocycles. The molecule has 0 unspecified atom stereocenters. The maximum Gasteiger partial charge on any atom is 0.139 e. The lowest BCUT2D eigenvalue weighted by molar-refractivity contribution is 0.297. The summed E-state index contributed by atoms with van der Waals surface area (Å²) in [4.78, 5) is 2.10. The number of hydrogen-bond donors (Lipinski definition) is 2. The summed E-state index contributed by atoms with van der Waals surface area (Å²) in [7, 11) is 0. The van der Waals surface area contributed by atoms with Crippen LogP contribution in [0.1, 0.15) is 25.7 Å². The van der Waals surface area contributed by atoms with Crippen LogP contribution in [-0.4, -0.2) is 24.3 Å². The summed E-state index contributed by atoms with van der Waals surface area (Å²) in [6.07, 6.45) is 4.62. The lowest BCUT2D eigenvalue weighted by atomic mass is 10.1. The molecule has 0 spiro atoms. The molecule has 0 radical (unpaired) electrons. The number of nitrogens with zero attached hydrogens (tertiary/aromatic N) is 1. The van der Waals surface area contributed by atoms with Crippen LogP contribution in [0.4, 0.5) is 15.8 Å². The van der Waals surface area contributed by atoms with E-state index in [0.717, 1.165) is 18.5 Å². The molecule has 0 saturated heterocycles. The van der Waals surface area contributed by atoms with Gasteiger partial charge in [0.1, 0.15) is 5.82 Å². The third-order valence-corrected chi connectivity index (χ3v) is 4.09. The van der Waals surface area contributed by atoms with Crippen molar-refractivity contribution in [2.75, 3.05) is 23.8 Å². The minimum absolute atomic E-state index is 0.0743. The minimum Gasteiger partial charge on any atom is -0.397 e. The van der Waals surface area contributed by atoms with Crippen molar-refractivity contribution in [1.82, 2.24) is 0 Å². The van der Waals surface area contributed by atoms with Gasteiger partial charge in [-0.1, -0.05) is 12.8 Å². The summed E-state index contributed by atoms with van der Waals surface area (Å²) in [5.74, 6) is -0.355. The first-order valence-corrected chi connectivity index (χ1v) is 7.05. The zero-order valence-corrected chi connectivity index (χ0v) is 11.8. The van der Waals surface area contributed by atoms with Crippen LogP contribution in [0.15, 0.2) is 16.6 Å². The maximum absolute atomic E-state index is 13.4. The van der Waals surface area contributed by atoms with Gasteiger partial charge in [-0.05, 0) is 34.8 Å². The monoisotopic (exact) mass is 316 g/mol. The summed E-state index contributed by atoms with van der Waals surface area (Å²) in [6, 6.07) is 3.44. The van der Waals surface area contributed by atoms with Gasteiger partial charge in [0, 0.05) is 18.7 Å². The van der Waals surface area contributed by atoms with Crippen LogP contribution >= 0.6 is 15.9 Å². The van der Waals surface area contributed by atoms with E-state index in [1.54, 1.807) is 6.07 Å². The molecule has 2 rings (SSSR count). The molecule has 3 nitrogen and oxygen atoms in total. The summed E-state index contributed by atoms with van der Waals surface area (Å²) in [6.45, 7) is 0.609. The number of nitrogen functional groups attached to an aromatic ring is 1. The van der Waals surface area contributed by atoms with Crippen molar-refractivity contribution in [3.05, 3.63) is 22.4 Å². The quantitative estimate of drug-likeness (QED) is 0.840. The van der Waals surface area contributed by atoms with Crippen LogP contribution < -0.4 is 10.6 Å². The zero-order chi connectivity index (χ0) is 13.1. The highest BCUT2D eigenvalue weighted by atomic mass is 79.9. The number of aliphatic hydroxyl groups excluding tert-OH is 1. The van der Waals surface area contributed by atoms with Crippen molar-refractivity contribution in [2.24, 2.45) is 0 Å². The van der Waals surface area contributed by atoms with E-state index >= 15 is 0 Å². The van der Waals surface area contributed by atoms with E-state index in [1.165, 1.54) is 18.9 Å². The zero-order valence-electron chi connectivity index (χ0n) is 10.2. The van der Waals surface area contributed by atoms with Crippen molar-refractivity contribution in [1.29, 1.82) is 0 Å². The van der Waals surface area contributed by atoms with Crippen molar-refractivity contribution in [3.8, 4) is 0 Å². The second kappa shape index (κ2) is 5.89. The molecule has 5 heteroatoms. The van der Waals surface area contributed by atoms with Crippen LogP contribution in [0, 0.1) is 5.82 Å². The van der Waals surface area contributed by atoms with E-state index in [1.807, 2.05) is 0 Å². The molecule has 1 aliphatic rings. The van der Waals surface area contributed by atoms with Gasteiger partial charge in [0.15, 0.2) is 0 Å². The molecule has 0 bridgehead atoms. The van der Waals surface area contributed by atoms with Crippen LogP contribution in [0.2, 0.25) is 0 Å². The molecule has 0 atom stereocenters. The summed E-state index contributed by atoms with van der Waals surface area (Å²) in [5.41, 5.74) is 7.14. The Bertz CT molecular complexity index is 422. The molecule has 0 heterocycles. The second-order valence-corrected chi connectivity index (χ2v) is 5.53. The van der Waals surface area contributed by atoms with Crippen LogP contribution in [-0.2, 0) is 0 Å². The molecule has 3 N–H and O–H groups in total. The molecule has 1 fully saturated rings. The predicted molar refractivity (Wildman–Crippen MR) is 75.2 cm³/mol. The first-order valence-electron chi connectivity index (χ1n) is 6.25. The molecule has 0 aliphatic heterocycles. The smallest absolute Gasteiger partial charge is 0.139 e. The van der Waals surface area contributed by atoms with Gasteiger partial charge in [0.05, 0.1) is 22.5 Å². The third-order valence-electron chi connectivity index (χ3n) is 3.49. The Morgan fingerprint density at radius 3 is 2.67 bits per heavy atom. The highest BCUT2D eigenvalue weighted by molar-refractivity contribution is 9.10. The van der Waals surface area contributed by atoms with Gasteiger partial charge in [-0.3, -0.25) is 0 Å². The largest absolute Gasteiger partial charge is 0.397 e. The molecular weight excluding hydrogens is 299 g/mol. The Morgan fingerprint density at radius 1 is 1.39 bits per heavy atom. The number of nitrogens with two attached hydrogens (primary N) is 1. The molecule has 100 valence electrons. The predicted octanol–water partition coefficient (Wildman–Crippen LogP) is 2.91. The Balaban J connectivity index is 2.32. The Kier molecular flexibility index (Phi) is 4.45. The normalized spacial score (nSPS) is 16.2. The summed E-state index contributed by atoms with van der Waals surface area (Å²) >= 11 is 3.19. The van der Waals surface area contributed by atoms with Crippen LogP contribution in [0.25, 0.3) is 0 Å². The standard InChI is InChI=1S/C13H18BrFN2O/c14-10-7-13(12(16)8-11(10)15)17(5-6-18)9-3-1-2-4-9/h7-9,18H,1-6,16H2. The van der Waals surface area contributed by atoms with Gasteiger partial charge in [-0.2, -0.15) is 0 Å². The number of anilines is 2. The third kappa shape index (κ3) is 2.78. The number of benzene rings is 1. The number of halogens is 2. The number of hydrogen-bond acceptors (Lipinski definition) is 3. The van der Waals surface area contributed by atoms with Crippen molar-refractivity contribution >= 4 is 27.3 Å². The van der Waals surface area contributed by atoms with Gasteiger partial charge in [-0.25, -0.2) is 4.39 Å². The molecule has 18 heavy (non-hydrogen) atoms. The van der Waals surface area contributed by atoms with Gasteiger partial charge >= 0.3 is 0 Å². The van der Waals surface area contributed by atoms with Crippen molar-refractivity contribution < 1.29 is 9.50 Å². The van der Waals surface area contributed by atoms with E-state index in [4.69, 9.17) is 5.73 Å². The Hall–Kier alpha value is -0.810. The molecule has 1 aliphatic carbocycles. The Labute approximate surface area is 115 Å². The minimum atomic E-state index is -0.355. The fourth-order valence-electron chi connectivity index (χ4n) is 2.62. The summed E-state index contributed by atoms with van der Waals surface area (Å²) < 4.78 is 13.8. The van der Waals surface area contributed by atoms with E-state index < -0.39 is 0 Å². The fraction of sp³-hybridized carbons (Fsp3) is 0.538. The lowest BCUT2D eigenvalue weighted by Gasteiger charge is -2.31. The first-order chi connectivity index (χ1) is 8.63. The number of rotatable bonds is 4. The van der Waals surface area contributed by atoms with Gasteiger partial charge < -0.3 is 15.7 Å². The highest BCUT2D eigenvalue weighted by Crippen LogP contribution is 2.34. The lowest BCUT2D eigenvalue weighted by Crippen LogP contribution is -2.36. The average Bonchev–Trinajstić information content (AvgIpc) is 2.85. The molecule has 1 aromatic rings. The first kappa shape index (κ1) is 13.6. The molecule has 0 amide bonds. The second-order valence-electron chi connectivity index (χ2n) is 4.68. The SMILES string of the molecule is Nc1cc(F)c(Br)cc1N(CCO)C1CCCC1. The fourth-order valence-corrected chi connectivity index (χ4v) is 2.96. The van der Waals surface area contributed by atoms with Gasteiger partial charge in [0.25, 0.3) is 0 Å². The molecule has 0 aromatic heterocycles. The van der Waals surface area contributed by atoms with E-state index in [9.17, 15) is 9.50 Å². The van der Waals surface area contributed by atoms with E-state index in [0.29, 0.717) is 22.7 Å². The van der Waals surface area contributed by atoms with Crippen LogP contribution in [0.5, 0.6) is 0 Å². The average molecular weight is 317 g/mol. The molecular formula is C13H18BrFN2O. The van der Waals surface area contributed by atoms with Crippen molar-refractivity contribution in [2.45, 2.75) is 31.7 Å². The molecule has 1 saturated carbocycles. The summed E-state index contributed by atoms with van der Waals surface area (Å²) in [5, 5.41) is 9.20. The Morgan fingerprint density at radius 2 is 2.06 bits per heavy atom.